The summed E-state index contributed by atoms with van der Waals surface area (Å²) in [6.07, 6.45) is 0.181. The van der Waals surface area contributed by atoms with E-state index in [0.29, 0.717) is 25.3 Å². The van der Waals surface area contributed by atoms with Gasteiger partial charge in [-0.1, -0.05) is 6.07 Å². The molecule has 25 heavy (non-hydrogen) atoms. The molecule has 0 bridgehead atoms. The average molecular weight is 361 g/mol. The Balaban J connectivity index is 1.52. The quantitative estimate of drug-likeness (QED) is 0.768. The van der Waals surface area contributed by atoms with E-state index in [-0.39, 0.29) is 11.8 Å². The minimum absolute atomic E-state index is 0.0356. The zero-order valence-electron chi connectivity index (χ0n) is 14.4. The lowest BCUT2D eigenvalue weighted by Crippen LogP contribution is -2.31. The smallest absolute Gasteiger partial charge is 0.233 e. The summed E-state index contributed by atoms with van der Waals surface area (Å²) in [4.78, 5) is 15.2. The van der Waals surface area contributed by atoms with Gasteiger partial charge in [0, 0.05) is 29.6 Å². The minimum atomic E-state index is -0.497. The van der Waals surface area contributed by atoms with Crippen LogP contribution in [-0.4, -0.2) is 58.2 Å². The summed E-state index contributed by atoms with van der Waals surface area (Å²) in [5, 5.41) is 17.4. The molecule has 2 unspecified atom stereocenters. The standard InChI is InChI=1S/C18H23N3O3S/c1-12-6-14(20-19-12)7-13-9-21(10-17(13)22)18(23)11-25-16-5-3-4-15(8-16)24-2/h3-6,8,13,17,22H,7,9-11H2,1-2H3,(H,19,20). The van der Waals surface area contributed by atoms with Crippen molar-refractivity contribution in [1.29, 1.82) is 0 Å². The molecule has 0 spiro atoms. The first-order valence-corrected chi connectivity index (χ1v) is 9.27. The van der Waals surface area contributed by atoms with Gasteiger partial charge in [-0.3, -0.25) is 9.89 Å². The summed E-state index contributed by atoms with van der Waals surface area (Å²) in [7, 11) is 1.63. The summed E-state index contributed by atoms with van der Waals surface area (Å²) in [6.45, 7) is 2.92. The molecule has 1 aliphatic rings. The fourth-order valence-corrected chi connectivity index (χ4v) is 3.88. The number of benzene rings is 1. The Bertz CT molecular complexity index is 734. The van der Waals surface area contributed by atoms with Gasteiger partial charge in [0.25, 0.3) is 0 Å². The second-order valence-corrected chi connectivity index (χ2v) is 7.39. The van der Waals surface area contributed by atoms with Crippen molar-refractivity contribution in [3.63, 3.8) is 0 Å². The maximum atomic E-state index is 12.5. The first-order valence-electron chi connectivity index (χ1n) is 8.28. The second kappa shape index (κ2) is 7.93. The minimum Gasteiger partial charge on any atom is -0.497 e. The fraction of sp³-hybridized carbons (Fsp3) is 0.444. The molecule has 1 aliphatic heterocycles. The van der Waals surface area contributed by atoms with E-state index < -0.39 is 6.10 Å². The summed E-state index contributed by atoms with van der Waals surface area (Å²) in [6, 6.07) is 9.65. The number of methoxy groups -OCH3 is 1. The highest BCUT2D eigenvalue weighted by Gasteiger charge is 2.34. The maximum Gasteiger partial charge on any atom is 0.233 e. The van der Waals surface area contributed by atoms with Crippen LogP contribution in [0.3, 0.4) is 0 Å². The molecule has 1 amide bonds. The number of rotatable bonds is 6. The molecular formula is C18H23N3O3S. The molecule has 2 N–H and O–H groups in total. The lowest BCUT2D eigenvalue weighted by Gasteiger charge is -2.15. The lowest BCUT2D eigenvalue weighted by molar-refractivity contribution is -0.127. The molecule has 0 radical (unpaired) electrons. The van der Waals surface area contributed by atoms with E-state index in [2.05, 4.69) is 10.2 Å². The van der Waals surface area contributed by atoms with E-state index in [4.69, 9.17) is 4.74 Å². The molecule has 7 heteroatoms. The molecule has 134 valence electrons. The first-order chi connectivity index (χ1) is 12.0. The van der Waals surface area contributed by atoms with Crippen LogP contribution in [0.1, 0.15) is 11.4 Å². The van der Waals surface area contributed by atoms with Crippen molar-refractivity contribution in [1.82, 2.24) is 15.1 Å². The second-order valence-electron chi connectivity index (χ2n) is 6.34. The van der Waals surface area contributed by atoms with Gasteiger partial charge >= 0.3 is 0 Å². The van der Waals surface area contributed by atoms with Crippen molar-refractivity contribution in [3.05, 3.63) is 41.7 Å². The molecule has 0 aliphatic carbocycles. The number of aliphatic hydroxyl groups excluding tert-OH is 1. The number of amides is 1. The zero-order valence-corrected chi connectivity index (χ0v) is 15.3. The van der Waals surface area contributed by atoms with E-state index in [9.17, 15) is 9.90 Å². The number of hydrogen-bond donors (Lipinski definition) is 2. The molecule has 2 aromatic rings. The van der Waals surface area contributed by atoms with Crippen LogP contribution in [0.15, 0.2) is 35.2 Å². The molecule has 1 fully saturated rings. The van der Waals surface area contributed by atoms with Crippen LogP contribution in [0.2, 0.25) is 0 Å². The number of aromatic nitrogens is 2. The van der Waals surface area contributed by atoms with Crippen molar-refractivity contribution < 1.29 is 14.6 Å². The van der Waals surface area contributed by atoms with Gasteiger partial charge in [0.05, 0.1) is 24.7 Å². The molecule has 2 heterocycles. The zero-order chi connectivity index (χ0) is 17.8. The molecule has 6 nitrogen and oxygen atoms in total. The van der Waals surface area contributed by atoms with Crippen LogP contribution in [0.5, 0.6) is 5.75 Å². The van der Waals surface area contributed by atoms with Gasteiger partial charge in [-0.2, -0.15) is 5.10 Å². The lowest BCUT2D eigenvalue weighted by atomic mass is 10.0. The average Bonchev–Trinajstić information content (AvgIpc) is 3.19. The van der Waals surface area contributed by atoms with Gasteiger partial charge in [-0.05, 0) is 37.6 Å². The van der Waals surface area contributed by atoms with E-state index in [0.717, 1.165) is 22.0 Å². The van der Waals surface area contributed by atoms with Gasteiger partial charge in [0.2, 0.25) is 5.91 Å². The van der Waals surface area contributed by atoms with E-state index in [1.807, 2.05) is 37.3 Å². The van der Waals surface area contributed by atoms with E-state index in [1.165, 1.54) is 11.8 Å². The Labute approximate surface area is 151 Å². The van der Waals surface area contributed by atoms with Crippen molar-refractivity contribution in [2.24, 2.45) is 5.92 Å². The van der Waals surface area contributed by atoms with Crippen molar-refractivity contribution in [2.75, 3.05) is 26.0 Å². The Hall–Kier alpha value is -1.99. The number of aryl methyl sites for hydroxylation is 1. The maximum absolute atomic E-state index is 12.5. The number of nitrogens with zero attached hydrogens (tertiary/aromatic N) is 2. The Morgan fingerprint density at radius 1 is 1.44 bits per heavy atom. The number of likely N-dealkylation sites (tertiary alicyclic amines) is 1. The third kappa shape index (κ3) is 4.55. The Morgan fingerprint density at radius 2 is 2.28 bits per heavy atom. The van der Waals surface area contributed by atoms with Crippen molar-refractivity contribution >= 4 is 17.7 Å². The third-order valence-corrected chi connectivity index (χ3v) is 5.37. The third-order valence-electron chi connectivity index (χ3n) is 4.39. The molecular weight excluding hydrogens is 338 g/mol. The number of H-pyrrole nitrogens is 1. The largest absolute Gasteiger partial charge is 0.497 e. The number of aromatic amines is 1. The topological polar surface area (TPSA) is 78.5 Å². The van der Waals surface area contributed by atoms with Crippen molar-refractivity contribution in [2.45, 2.75) is 24.3 Å². The molecule has 1 aromatic heterocycles. The van der Waals surface area contributed by atoms with Crippen LogP contribution >= 0.6 is 11.8 Å². The van der Waals surface area contributed by atoms with Gasteiger partial charge in [-0.15, -0.1) is 11.8 Å². The summed E-state index contributed by atoms with van der Waals surface area (Å²) >= 11 is 1.48. The fourth-order valence-electron chi connectivity index (χ4n) is 3.03. The van der Waals surface area contributed by atoms with Crippen LogP contribution in [0.4, 0.5) is 0 Å². The van der Waals surface area contributed by atoms with Gasteiger partial charge in [-0.25, -0.2) is 0 Å². The highest BCUT2D eigenvalue weighted by Crippen LogP contribution is 2.25. The number of carbonyl (C=O) groups excluding carboxylic acids is 1. The number of nitrogens with one attached hydrogen (secondary N) is 1. The van der Waals surface area contributed by atoms with Crippen molar-refractivity contribution in [3.8, 4) is 5.75 Å². The Morgan fingerprint density at radius 3 is 3.00 bits per heavy atom. The molecule has 0 saturated carbocycles. The van der Waals surface area contributed by atoms with Crippen LogP contribution in [-0.2, 0) is 11.2 Å². The van der Waals surface area contributed by atoms with Gasteiger partial charge in [0.15, 0.2) is 0 Å². The molecule has 1 saturated heterocycles. The van der Waals surface area contributed by atoms with Crippen LogP contribution < -0.4 is 4.74 Å². The number of carbonyl (C=O) groups is 1. The van der Waals surface area contributed by atoms with E-state index in [1.54, 1.807) is 12.0 Å². The number of thioether (sulfide) groups is 1. The molecule has 2 atom stereocenters. The predicted octanol–water partition coefficient (Wildman–Crippen LogP) is 1.88. The summed E-state index contributed by atoms with van der Waals surface area (Å²) < 4.78 is 5.20. The van der Waals surface area contributed by atoms with E-state index >= 15 is 0 Å². The summed E-state index contributed by atoms with van der Waals surface area (Å²) in [5.74, 6) is 1.22. The summed E-state index contributed by atoms with van der Waals surface area (Å²) in [5.41, 5.74) is 1.94. The highest BCUT2D eigenvalue weighted by atomic mass is 32.2. The highest BCUT2D eigenvalue weighted by molar-refractivity contribution is 8.00. The van der Waals surface area contributed by atoms with Crippen LogP contribution in [0.25, 0.3) is 0 Å². The number of ether oxygens (including phenoxy) is 1. The number of hydrogen-bond acceptors (Lipinski definition) is 5. The van der Waals surface area contributed by atoms with Gasteiger partial charge in [0.1, 0.15) is 5.75 Å². The number of β-amino-alcohol motifs (C(OH)–C–C–N with tert-alkyl or cyclic N) is 1. The van der Waals surface area contributed by atoms with Crippen LogP contribution in [0, 0.1) is 12.8 Å². The Kier molecular flexibility index (Phi) is 5.65. The first kappa shape index (κ1) is 17.8. The molecule has 1 aromatic carbocycles. The normalized spacial score (nSPS) is 20.0. The molecule has 3 rings (SSSR count). The predicted molar refractivity (Wildman–Crippen MR) is 96.8 cm³/mol. The SMILES string of the molecule is COc1cccc(SCC(=O)N2CC(O)C(Cc3cc(C)[nH]n3)C2)c1. The number of aliphatic hydroxyl groups is 1. The monoisotopic (exact) mass is 361 g/mol. The van der Waals surface area contributed by atoms with Gasteiger partial charge < -0.3 is 14.7 Å².